The lowest BCUT2D eigenvalue weighted by atomic mass is 10.0. The van der Waals surface area contributed by atoms with Crippen LogP contribution >= 0.6 is 0 Å². The highest BCUT2D eigenvalue weighted by Gasteiger charge is 2.17. The fraction of sp³-hybridized carbons (Fsp3) is 0.400. The topological polar surface area (TPSA) is 41.5 Å². The Bertz CT molecular complexity index is 312. The zero-order chi connectivity index (χ0) is 9.26. The van der Waals surface area contributed by atoms with Crippen LogP contribution in [0.25, 0.3) is 0 Å². The van der Waals surface area contributed by atoms with Crippen LogP contribution < -0.4 is 10.1 Å². The molecule has 0 saturated heterocycles. The lowest BCUT2D eigenvalue weighted by Gasteiger charge is -2.23. The number of hydrogen-bond donors (Lipinski definition) is 2. The van der Waals surface area contributed by atoms with Crippen LogP contribution in [-0.4, -0.2) is 18.8 Å². The molecule has 0 aliphatic carbocycles. The number of aliphatic hydroxyl groups excluding tert-OH is 1. The van der Waals surface area contributed by atoms with Crippen molar-refractivity contribution in [2.24, 2.45) is 0 Å². The standard InChI is InChI=1S/C10H13NO2/c1-13-7-2-3-9-8(6-7)10(12)4-5-11-9/h2-3,6,10-12H,4-5H2,1H3/t10-/m0/s1. The Morgan fingerprint density at radius 3 is 3.15 bits per heavy atom. The number of nitrogens with one attached hydrogen (secondary N) is 1. The first-order valence-electron chi connectivity index (χ1n) is 4.41. The molecule has 0 amide bonds. The normalized spacial score (nSPS) is 20.3. The zero-order valence-corrected chi connectivity index (χ0v) is 7.58. The van der Waals surface area contributed by atoms with Gasteiger partial charge >= 0.3 is 0 Å². The molecule has 1 heterocycles. The van der Waals surface area contributed by atoms with Crippen LogP contribution in [0.15, 0.2) is 18.2 Å². The molecular weight excluding hydrogens is 166 g/mol. The third kappa shape index (κ3) is 1.47. The van der Waals surface area contributed by atoms with Crippen LogP contribution in [0.4, 0.5) is 5.69 Å². The van der Waals surface area contributed by atoms with Crippen molar-refractivity contribution in [1.82, 2.24) is 0 Å². The molecule has 1 aromatic carbocycles. The third-order valence-electron chi connectivity index (χ3n) is 2.35. The van der Waals surface area contributed by atoms with Crippen molar-refractivity contribution >= 4 is 5.69 Å². The molecule has 2 N–H and O–H groups in total. The smallest absolute Gasteiger partial charge is 0.119 e. The van der Waals surface area contributed by atoms with Crippen molar-refractivity contribution in [3.05, 3.63) is 23.8 Å². The maximum Gasteiger partial charge on any atom is 0.119 e. The fourth-order valence-corrected chi connectivity index (χ4v) is 1.60. The molecule has 0 fully saturated rings. The first-order valence-corrected chi connectivity index (χ1v) is 4.41. The van der Waals surface area contributed by atoms with E-state index >= 15 is 0 Å². The van der Waals surface area contributed by atoms with E-state index in [0.717, 1.165) is 30.0 Å². The van der Waals surface area contributed by atoms with Gasteiger partial charge in [-0.05, 0) is 24.6 Å². The maximum absolute atomic E-state index is 9.69. The van der Waals surface area contributed by atoms with E-state index in [1.165, 1.54) is 0 Å². The van der Waals surface area contributed by atoms with E-state index in [4.69, 9.17) is 4.74 Å². The van der Waals surface area contributed by atoms with E-state index in [1.807, 2.05) is 18.2 Å². The SMILES string of the molecule is COc1ccc2c(c1)[C@@H](O)CCN2. The number of methoxy groups -OCH3 is 1. The van der Waals surface area contributed by atoms with Gasteiger partial charge in [0.15, 0.2) is 0 Å². The monoisotopic (exact) mass is 179 g/mol. The lowest BCUT2D eigenvalue weighted by Crippen LogP contribution is -2.16. The molecule has 1 aliphatic rings. The summed E-state index contributed by atoms with van der Waals surface area (Å²) in [7, 11) is 1.63. The third-order valence-corrected chi connectivity index (χ3v) is 2.35. The van der Waals surface area contributed by atoms with Crippen molar-refractivity contribution in [1.29, 1.82) is 0 Å². The van der Waals surface area contributed by atoms with Crippen molar-refractivity contribution in [3.63, 3.8) is 0 Å². The number of aliphatic hydroxyl groups is 1. The van der Waals surface area contributed by atoms with Gasteiger partial charge in [0.1, 0.15) is 5.75 Å². The molecule has 0 aromatic heterocycles. The number of hydrogen-bond acceptors (Lipinski definition) is 3. The summed E-state index contributed by atoms with van der Waals surface area (Å²) in [4.78, 5) is 0. The molecule has 0 saturated carbocycles. The minimum atomic E-state index is -0.355. The average Bonchev–Trinajstić information content (AvgIpc) is 2.18. The van der Waals surface area contributed by atoms with Gasteiger partial charge < -0.3 is 15.2 Å². The van der Waals surface area contributed by atoms with Gasteiger partial charge in [0.25, 0.3) is 0 Å². The summed E-state index contributed by atoms with van der Waals surface area (Å²) in [5.41, 5.74) is 1.95. The van der Waals surface area contributed by atoms with Gasteiger partial charge in [0.05, 0.1) is 13.2 Å². The van der Waals surface area contributed by atoms with Crippen molar-refractivity contribution < 1.29 is 9.84 Å². The summed E-state index contributed by atoms with van der Waals surface area (Å²) in [6.45, 7) is 0.834. The summed E-state index contributed by atoms with van der Waals surface area (Å²) in [6.07, 6.45) is 0.409. The molecule has 0 spiro atoms. The number of benzene rings is 1. The van der Waals surface area contributed by atoms with E-state index in [0.29, 0.717) is 0 Å². The summed E-state index contributed by atoms with van der Waals surface area (Å²) >= 11 is 0. The van der Waals surface area contributed by atoms with Crippen LogP contribution in [0, 0.1) is 0 Å². The van der Waals surface area contributed by atoms with E-state index in [1.54, 1.807) is 7.11 Å². The van der Waals surface area contributed by atoms with E-state index < -0.39 is 0 Å². The predicted molar refractivity (Wildman–Crippen MR) is 51.1 cm³/mol. The molecule has 0 unspecified atom stereocenters. The van der Waals surface area contributed by atoms with Crippen LogP contribution in [0.3, 0.4) is 0 Å². The van der Waals surface area contributed by atoms with Crippen LogP contribution in [0.1, 0.15) is 18.1 Å². The Labute approximate surface area is 77.3 Å². The molecule has 3 heteroatoms. The molecule has 2 rings (SSSR count). The van der Waals surface area contributed by atoms with Crippen molar-refractivity contribution in [2.45, 2.75) is 12.5 Å². The first-order chi connectivity index (χ1) is 6.31. The van der Waals surface area contributed by atoms with Gasteiger partial charge in [-0.25, -0.2) is 0 Å². The molecule has 1 aliphatic heterocycles. The highest BCUT2D eigenvalue weighted by atomic mass is 16.5. The summed E-state index contributed by atoms with van der Waals surface area (Å²) in [5, 5.41) is 12.9. The summed E-state index contributed by atoms with van der Waals surface area (Å²) < 4.78 is 5.09. The van der Waals surface area contributed by atoms with E-state index in [2.05, 4.69) is 5.32 Å². The van der Waals surface area contributed by atoms with Gasteiger partial charge in [0.2, 0.25) is 0 Å². The molecule has 1 atom stereocenters. The highest BCUT2D eigenvalue weighted by molar-refractivity contribution is 5.56. The average molecular weight is 179 g/mol. The Hall–Kier alpha value is -1.22. The second-order valence-corrected chi connectivity index (χ2v) is 3.18. The van der Waals surface area contributed by atoms with Crippen LogP contribution in [0.5, 0.6) is 5.75 Å². The number of rotatable bonds is 1. The second kappa shape index (κ2) is 3.26. The Morgan fingerprint density at radius 2 is 2.38 bits per heavy atom. The van der Waals surface area contributed by atoms with Crippen LogP contribution in [-0.2, 0) is 0 Å². The summed E-state index contributed by atoms with van der Waals surface area (Å²) in [6, 6.07) is 5.71. The fourth-order valence-electron chi connectivity index (χ4n) is 1.60. The molecule has 70 valence electrons. The minimum Gasteiger partial charge on any atom is -0.497 e. The van der Waals surface area contributed by atoms with Gasteiger partial charge in [0, 0.05) is 17.8 Å². The Morgan fingerprint density at radius 1 is 1.54 bits per heavy atom. The molecule has 3 nitrogen and oxygen atoms in total. The molecular formula is C10H13NO2. The molecule has 1 aromatic rings. The van der Waals surface area contributed by atoms with E-state index in [9.17, 15) is 5.11 Å². The maximum atomic E-state index is 9.69. The van der Waals surface area contributed by atoms with Gasteiger partial charge in [-0.15, -0.1) is 0 Å². The highest BCUT2D eigenvalue weighted by Crippen LogP contribution is 2.32. The van der Waals surface area contributed by atoms with Crippen molar-refractivity contribution in [3.8, 4) is 5.75 Å². The van der Waals surface area contributed by atoms with Gasteiger partial charge in [-0.2, -0.15) is 0 Å². The lowest BCUT2D eigenvalue weighted by molar-refractivity contribution is 0.168. The first kappa shape index (κ1) is 8.38. The number of fused-ring (bicyclic) bond motifs is 1. The van der Waals surface area contributed by atoms with E-state index in [-0.39, 0.29) is 6.10 Å². The second-order valence-electron chi connectivity index (χ2n) is 3.18. The Kier molecular flexibility index (Phi) is 2.10. The van der Waals surface area contributed by atoms with Crippen LogP contribution in [0.2, 0.25) is 0 Å². The number of anilines is 1. The van der Waals surface area contributed by atoms with Gasteiger partial charge in [-0.1, -0.05) is 0 Å². The molecule has 13 heavy (non-hydrogen) atoms. The number of ether oxygens (including phenoxy) is 1. The molecule has 0 bridgehead atoms. The Balaban J connectivity index is 2.41. The predicted octanol–water partition coefficient (Wildman–Crippen LogP) is 1.54. The zero-order valence-electron chi connectivity index (χ0n) is 7.58. The van der Waals surface area contributed by atoms with Gasteiger partial charge in [-0.3, -0.25) is 0 Å². The quantitative estimate of drug-likeness (QED) is 0.687. The van der Waals surface area contributed by atoms with Crippen molar-refractivity contribution in [2.75, 3.05) is 19.0 Å². The summed E-state index contributed by atoms with van der Waals surface area (Å²) in [5.74, 6) is 0.793. The minimum absolute atomic E-state index is 0.355. The largest absolute Gasteiger partial charge is 0.497 e. The molecule has 0 radical (unpaired) electrons.